The summed E-state index contributed by atoms with van der Waals surface area (Å²) in [6.07, 6.45) is 4.12. The summed E-state index contributed by atoms with van der Waals surface area (Å²) in [7, 11) is 1.90. The van der Waals surface area contributed by atoms with Crippen molar-refractivity contribution in [3.05, 3.63) is 11.9 Å². The van der Waals surface area contributed by atoms with Gasteiger partial charge in [0.1, 0.15) is 0 Å². The number of hydrogen-bond donors (Lipinski definition) is 2. The molecule has 0 amide bonds. The van der Waals surface area contributed by atoms with Crippen molar-refractivity contribution in [3.8, 4) is 11.4 Å². The highest BCUT2D eigenvalue weighted by Crippen LogP contribution is 2.21. The van der Waals surface area contributed by atoms with Crippen LogP contribution in [0.15, 0.2) is 6.20 Å². The first-order valence-electron chi connectivity index (χ1n) is 6.57. The summed E-state index contributed by atoms with van der Waals surface area (Å²) >= 11 is 0. The maximum Gasteiger partial charge on any atom is 0.245 e. The summed E-state index contributed by atoms with van der Waals surface area (Å²) in [5, 5.41) is 11.6. The zero-order valence-corrected chi connectivity index (χ0v) is 11.3. The molecule has 19 heavy (non-hydrogen) atoms. The van der Waals surface area contributed by atoms with E-state index in [0.29, 0.717) is 0 Å². The van der Waals surface area contributed by atoms with Gasteiger partial charge < -0.3 is 10.6 Å². The SMILES string of the molecule is Cc1nn(C)cc1-c1nc(N2CCCC(N)C2)n[nH]1. The van der Waals surface area contributed by atoms with Gasteiger partial charge in [-0.2, -0.15) is 10.1 Å². The standard InChI is InChI=1S/C12H19N7/c1-8-10(7-18(2)17-8)11-14-12(16-15-11)19-5-3-4-9(13)6-19/h7,9H,3-6,13H2,1-2H3,(H,14,15,16). The molecule has 1 unspecified atom stereocenters. The van der Waals surface area contributed by atoms with Crippen molar-refractivity contribution >= 4 is 5.95 Å². The van der Waals surface area contributed by atoms with E-state index < -0.39 is 0 Å². The summed E-state index contributed by atoms with van der Waals surface area (Å²) in [5.74, 6) is 1.49. The molecule has 102 valence electrons. The fourth-order valence-corrected chi connectivity index (χ4v) is 2.54. The summed E-state index contributed by atoms with van der Waals surface area (Å²) in [6.45, 7) is 3.76. The van der Waals surface area contributed by atoms with Crippen LogP contribution in [0.25, 0.3) is 11.4 Å². The summed E-state index contributed by atoms with van der Waals surface area (Å²) < 4.78 is 1.78. The molecule has 2 aromatic rings. The van der Waals surface area contributed by atoms with Crippen molar-refractivity contribution in [2.45, 2.75) is 25.8 Å². The third-order valence-electron chi connectivity index (χ3n) is 3.48. The van der Waals surface area contributed by atoms with Crippen molar-refractivity contribution in [1.29, 1.82) is 0 Å². The molecule has 1 aliphatic rings. The topological polar surface area (TPSA) is 88.7 Å². The molecule has 7 nitrogen and oxygen atoms in total. The number of nitrogens with one attached hydrogen (secondary N) is 1. The van der Waals surface area contributed by atoms with Crippen LogP contribution in [0.5, 0.6) is 0 Å². The van der Waals surface area contributed by atoms with Crippen LogP contribution in [0.2, 0.25) is 0 Å². The van der Waals surface area contributed by atoms with Crippen LogP contribution < -0.4 is 10.6 Å². The van der Waals surface area contributed by atoms with Crippen LogP contribution in [0.1, 0.15) is 18.5 Å². The van der Waals surface area contributed by atoms with E-state index in [1.54, 1.807) is 4.68 Å². The fraction of sp³-hybridized carbons (Fsp3) is 0.583. The highest BCUT2D eigenvalue weighted by molar-refractivity contribution is 5.58. The molecule has 7 heteroatoms. The lowest BCUT2D eigenvalue weighted by Gasteiger charge is -2.29. The zero-order valence-electron chi connectivity index (χ0n) is 11.3. The molecule has 0 saturated carbocycles. The van der Waals surface area contributed by atoms with Gasteiger partial charge in [-0.25, -0.2) is 0 Å². The molecule has 3 heterocycles. The molecule has 3 N–H and O–H groups in total. The number of aromatic nitrogens is 5. The van der Waals surface area contributed by atoms with Crippen LogP contribution in [0.4, 0.5) is 5.95 Å². The number of aryl methyl sites for hydroxylation is 2. The van der Waals surface area contributed by atoms with Gasteiger partial charge in [0.25, 0.3) is 0 Å². The number of hydrogen-bond acceptors (Lipinski definition) is 5. The molecule has 1 saturated heterocycles. The summed E-state index contributed by atoms with van der Waals surface area (Å²) in [4.78, 5) is 6.70. The Morgan fingerprint density at radius 3 is 3.00 bits per heavy atom. The van der Waals surface area contributed by atoms with E-state index in [9.17, 15) is 0 Å². The third-order valence-corrected chi connectivity index (χ3v) is 3.48. The average molecular weight is 261 g/mol. The van der Waals surface area contributed by atoms with Gasteiger partial charge in [-0.15, -0.1) is 5.10 Å². The zero-order chi connectivity index (χ0) is 13.4. The van der Waals surface area contributed by atoms with Gasteiger partial charge in [0.05, 0.1) is 11.3 Å². The average Bonchev–Trinajstić information content (AvgIpc) is 2.96. The van der Waals surface area contributed by atoms with Crippen molar-refractivity contribution < 1.29 is 0 Å². The van der Waals surface area contributed by atoms with Gasteiger partial charge in [0.2, 0.25) is 5.95 Å². The van der Waals surface area contributed by atoms with E-state index in [0.717, 1.165) is 49.0 Å². The number of aromatic amines is 1. The quantitative estimate of drug-likeness (QED) is 0.819. The lowest BCUT2D eigenvalue weighted by atomic mass is 10.1. The van der Waals surface area contributed by atoms with Crippen LogP contribution in [0, 0.1) is 6.92 Å². The Morgan fingerprint density at radius 1 is 1.47 bits per heavy atom. The highest BCUT2D eigenvalue weighted by atomic mass is 15.4. The minimum absolute atomic E-state index is 0.218. The second-order valence-electron chi connectivity index (χ2n) is 5.13. The number of anilines is 1. The van der Waals surface area contributed by atoms with Crippen molar-refractivity contribution in [2.24, 2.45) is 12.8 Å². The first-order chi connectivity index (χ1) is 9.13. The smallest absolute Gasteiger partial charge is 0.245 e. The molecule has 0 spiro atoms. The molecule has 0 aromatic carbocycles. The molecule has 1 fully saturated rings. The molecule has 0 aliphatic carbocycles. The van der Waals surface area contributed by atoms with Gasteiger partial charge in [-0.1, -0.05) is 0 Å². The molecular weight excluding hydrogens is 242 g/mol. The number of nitrogens with zero attached hydrogens (tertiary/aromatic N) is 5. The second-order valence-corrected chi connectivity index (χ2v) is 5.13. The fourth-order valence-electron chi connectivity index (χ4n) is 2.54. The molecule has 1 aliphatic heterocycles. The van der Waals surface area contributed by atoms with Crippen LogP contribution in [0.3, 0.4) is 0 Å². The Hall–Kier alpha value is -1.89. The monoisotopic (exact) mass is 261 g/mol. The first-order valence-corrected chi connectivity index (χ1v) is 6.57. The number of nitrogens with two attached hydrogens (primary N) is 1. The van der Waals surface area contributed by atoms with E-state index in [2.05, 4.69) is 25.2 Å². The Labute approximate surface area is 111 Å². The van der Waals surface area contributed by atoms with Crippen LogP contribution in [-0.2, 0) is 7.05 Å². The third kappa shape index (κ3) is 2.33. The van der Waals surface area contributed by atoms with Crippen molar-refractivity contribution in [1.82, 2.24) is 25.0 Å². The van der Waals surface area contributed by atoms with Crippen molar-refractivity contribution in [2.75, 3.05) is 18.0 Å². The summed E-state index contributed by atoms with van der Waals surface area (Å²) in [5.41, 5.74) is 7.92. The van der Waals surface area contributed by atoms with E-state index in [1.165, 1.54) is 0 Å². The predicted octanol–water partition coefficient (Wildman–Crippen LogP) is 0.441. The molecule has 3 rings (SSSR count). The van der Waals surface area contributed by atoms with Gasteiger partial charge in [-0.3, -0.25) is 9.78 Å². The predicted molar refractivity (Wildman–Crippen MR) is 72.7 cm³/mol. The Balaban J connectivity index is 1.85. The van der Waals surface area contributed by atoms with Crippen molar-refractivity contribution in [3.63, 3.8) is 0 Å². The van der Waals surface area contributed by atoms with Gasteiger partial charge >= 0.3 is 0 Å². The molecule has 2 aromatic heterocycles. The largest absolute Gasteiger partial charge is 0.338 e. The lowest BCUT2D eigenvalue weighted by molar-refractivity contribution is 0.500. The van der Waals surface area contributed by atoms with Gasteiger partial charge in [0.15, 0.2) is 5.82 Å². The second kappa shape index (κ2) is 4.65. The molecule has 0 bridgehead atoms. The van der Waals surface area contributed by atoms with Gasteiger partial charge in [0, 0.05) is 32.4 Å². The van der Waals surface area contributed by atoms with Crippen LogP contribution in [-0.4, -0.2) is 44.1 Å². The van der Waals surface area contributed by atoms with Gasteiger partial charge in [-0.05, 0) is 19.8 Å². The normalized spacial score (nSPS) is 19.9. The maximum atomic E-state index is 5.99. The van der Waals surface area contributed by atoms with E-state index in [-0.39, 0.29) is 6.04 Å². The maximum absolute atomic E-state index is 5.99. The van der Waals surface area contributed by atoms with Crippen LogP contribution >= 0.6 is 0 Å². The number of piperidine rings is 1. The Kier molecular flexibility index (Phi) is 2.98. The van der Waals surface area contributed by atoms with E-state index in [4.69, 9.17) is 5.73 Å². The lowest BCUT2D eigenvalue weighted by Crippen LogP contribution is -2.43. The number of H-pyrrole nitrogens is 1. The van der Waals surface area contributed by atoms with E-state index in [1.807, 2.05) is 20.2 Å². The Morgan fingerprint density at radius 2 is 2.32 bits per heavy atom. The Bertz CT molecular complexity index is 570. The first kappa shape index (κ1) is 12.2. The molecular formula is C12H19N7. The minimum atomic E-state index is 0.218. The summed E-state index contributed by atoms with van der Waals surface area (Å²) in [6, 6.07) is 0.218. The number of rotatable bonds is 2. The minimum Gasteiger partial charge on any atom is -0.338 e. The molecule has 0 radical (unpaired) electrons. The van der Waals surface area contributed by atoms with E-state index >= 15 is 0 Å². The molecule has 1 atom stereocenters. The highest BCUT2D eigenvalue weighted by Gasteiger charge is 2.21.